The van der Waals surface area contributed by atoms with Crippen molar-refractivity contribution < 1.29 is 14.0 Å². The Bertz CT molecular complexity index is 604. The Hall–Kier alpha value is -1.31. The first-order chi connectivity index (χ1) is 9.13. The van der Waals surface area contributed by atoms with Gasteiger partial charge in [-0.15, -0.1) is 0 Å². The summed E-state index contributed by atoms with van der Waals surface area (Å²) < 4.78 is 19.1. The molecule has 2 N–H and O–H groups in total. The van der Waals surface area contributed by atoms with Gasteiger partial charge < -0.3 is 14.9 Å². The van der Waals surface area contributed by atoms with Crippen LogP contribution in [0, 0.1) is 5.82 Å². The van der Waals surface area contributed by atoms with E-state index in [1.54, 1.807) is 6.07 Å². The molecule has 1 aromatic heterocycles. The van der Waals surface area contributed by atoms with Crippen LogP contribution in [0.3, 0.4) is 0 Å². The molecule has 1 fully saturated rings. The third-order valence-corrected chi connectivity index (χ3v) is 3.71. The number of nitrogens with one attached hydrogen (secondary N) is 1. The van der Waals surface area contributed by atoms with Crippen LogP contribution < -0.4 is 5.32 Å². The first kappa shape index (κ1) is 12.7. The van der Waals surface area contributed by atoms with Crippen LogP contribution in [0.4, 0.5) is 4.39 Å². The zero-order valence-electron chi connectivity index (χ0n) is 9.81. The number of rotatable bonds is 2. The van der Waals surface area contributed by atoms with Crippen LogP contribution >= 0.6 is 15.9 Å². The van der Waals surface area contributed by atoms with Crippen molar-refractivity contribution in [3.05, 3.63) is 34.4 Å². The van der Waals surface area contributed by atoms with Gasteiger partial charge >= 0.3 is 0 Å². The zero-order chi connectivity index (χ0) is 13.4. The monoisotopic (exact) mass is 327 g/mol. The molecule has 0 spiro atoms. The molecule has 5 nitrogen and oxygen atoms in total. The molecule has 0 aliphatic carbocycles. The molecule has 7 heteroatoms. The molecule has 19 heavy (non-hydrogen) atoms. The smallest absolute Gasteiger partial charge is 0.244 e. The fraction of sp³-hybridized carbons (Fsp3) is 0.333. The highest BCUT2D eigenvalue weighted by atomic mass is 79.9. The molecule has 1 aliphatic heterocycles. The van der Waals surface area contributed by atoms with Crippen LogP contribution in [0.2, 0.25) is 0 Å². The maximum Gasteiger partial charge on any atom is 0.244 e. The Labute approximate surface area is 117 Å². The molecule has 100 valence electrons. The van der Waals surface area contributed by atoms with E-state index in [-0.39, 0.29) is 11.9 Å². The average molecular weight is 328 g/mol. The first-order valence-electron chi connectivity index (χ1n) is 5.84. The molecule has 2 atom stereocenters. The Morgan fingerprint density at radius 3 is 3.05 bits per heavy atom. The SMILES string of the molecule is O[C@@H]1CN[C@H](c2nc(-c3cc(F)ccc3Br)no2)C1. The number of aromatic nitrogens is 2. The molecule has 2 aromatic rings. The number of benzene rings is 1. The number of nitrogens with zero attached hydrogens (tertiary/aromatic N) is 2. The van der Waals surface area contributed by atoms with Crippen molar-refractivity contribution in [2.45, 2.75) is 18.6 Å². The third-order valence-electron chi connectivity index (χ3n) is 3.02. The number of hydrogen-bond donors (Lipinski definition) is 2. The number of aliphatic hydroxyl groups is 1. The van der Waals surface area contributed by atoms with Crippen LogP contribution in [0.1, 0.15) is 18.4 Å². The van der Waals surface area contributed by atoms with E-state index in [0.29, 0.717) is 34.7 Å². The van der Waals surface area contributed by atoms with E-state index in [2.05, 4.69) is 31.4 Å². The summed E-state index contributed by atoms with van der Waals surface area (Å²) in [6.45, 7) is 0.506. The van der Waals surface area contributed by atoms with Gasteiger partial charge in [-0.25, -0.2) is 4.39 Å². The van der Waals surface area contributed by atoms with Crippen molar-refractivity contribution in [3.63, 3.8) is 0 Å². The van der Waals surface area contributed by atoms with Gasteiger partial charge in [0.05, 0.1) is 12.1 Å². The van der Waals surface area contributed by atoms with Crippen molar-refractivity contribution in [2.24, 2.45) is 0 Å². The largest absolute Gasteiger partial charge is 0.392 e. The molecule has 0 saturated carbocycles. The minimum absolute atomic E-state index is 0.149. The molecule has 0 bridgehead atoms. The van der Waals surface area contributed by atoms with E-state index < -0.39 is 6.10 Å². The predicted molar refractivity (Wildman–Crippen MR) is 68.8 cm³/mol. The molecule has 1 saturated heterocycles. The van der Waals surface area contributed by atoms with Gasteiger partial charge in [0.15, 0.2) is 0 Å². The van der Waals surface area contributed by atoms with Crippen molar-refractivity contribution >= 4 is 15.9 Å². The fourth-order valence-corrected chi connectivity index (χ4v) is 2.48. The van der Waals surface area contributed by atoms with Gasteiger partial charge in [0.1, 0.15) is 5.82 Å². The Morgan fingerprint density at radius 2 is 2.32 bits per heavy atom. The average Bonchev–Trinajstić information content (AvgIpc) is 3.00. The molecular formula is C12H11BrFN3O2. The Morgan fingerprint density at radius 1 is 1.47 bits per heavy atom. The van der Waals surface area contributed by atoms with Gasteiger partial charge in [-0.3, -0.25) is 0 Å². The lowest BCUT2D eigenvalue weighted by Gasteiger charge is -2.02. The first-order valence-corrected chi connectivity index (χ1v) is 6.63. The second-order valence-corrected chi connectivity index (χ2v) is 5.29. The number of β-amino-alcohol motifs (C(OH)–C–C–N with tert-alkyl or cyclic N) is 1. The fourth-order valence-electron chi connectivity index (χ4n) is 2.06. The number of halogens is 2. The summed E-state index contributed by atoms with van der Waals surface area (Å²) in [5.74, 6) is 0.367. The van der Waals surface area contributed by atoms with E-state index in [0.717, 1.165) is 0 Å². The van der Waals surface area contributed by atoms with E-state index in [4.69, 9.17) is 4.52 Å². The highest BCUT2D eigenvalue weighted by Gasteiger charge is 2.28. The second-order valence-electron chi connectivity index (χ2n) is 4.43. The van der Waals surface area contributed by atoms with Crippen molar-refractivity contribution in [1.82, 2.24) is 15.5 Å². The highest BCUT2D eigenvalue weighted by Crippen LogP contribution is 2.29. The van der Waals surface area contributed by atoms with Crippen LogP contribution in [0.5, 0.6) is 0 Å². The maximum absolute atomic E-state index is 13.2. The molecule has 3 rings (SSSR count). The molecular weight excluding hydrogens is 317 g/mol. The van der Waals surface area contributed by atoms with E-state index in [9.17, 15) is 9.50 Å². The molecule has 2 heterocycles. The lowest BCUT2D eigenvalue weighted by atomic mass is 10.2. The number of aliphatic hydroxyl groups excluding tert-OH is 1. The van der Waals surface area contributed by atoms with Gasteiger partial charge in [0.25, 0.3) is 0 Å². The summed E-state index contributed by atoms with van der Waals surface area (Å²) in [6.07, 6.45) is 0.132. The quantitative estimate of drug-likeness (QED) is 0.883. The van der Waals surface area contributed by atoms with Crippen LogP contribution in [0.15, 0.2) is 27.2 Å². The van der Waals surface area contributed by atoms with E-state index >= 15 is 0 Å². The molecule has 1 aliphatic rings. The molecule has 0 amide bonds. The van der Waals surface area contributed by atoms with E-state index in [1.807, 2.05) is 0 Å². The van der Waals surface area contributed by atoms with Gasteiger partial charge in [0, 0.05) is 16.6 Å². The summed E-state index contributed by atoms with van der Waals surface area (Å²) >= 11 is 3.33. The maximum atomic E-state index is 13.2. The highest BCUT2D eigenvalue weighted by molar-refractivity contribution is 9.10. The van der Waals surface area contributed by atoms with Crippen LogP contribution in [0.25, 0.3) is 11.4 Å². The second kappa shape index (κ2) is 4.99. The van der Waals surface area contributed by atoms with Gasteiger partial charge in [-0.2, -0.15) is 4.98 Å². The summed E-state index contributed by atoms with van der Waals surface area (Å²) in [4.78, 5) is 4.25. The molecule has 0 unspecified atom stereocenters. The minimum Gasteiger partial charge on any atom is -0.392 e. The van der Waals surface area contributed by atoms with Gasteiger partial charge in [-0.1, -0.05) is 21.1 Å². The number of hydrogen-bond acceptors (Lipinski definition) is 5. The lowest BCUT2D eigenvalue weighted by molar-refractivity contribution is 0.191. The standard InChI is InChI=1S/C12H11BrFN3O2/c13-9-2-1-6(14)3-8(9)11-16-12(19-17-11)10-4-7(18)5-15-10/h1-3,7,10,15,18H,4-5H2/t7-,10-/m0/s1. The van der Waals surface area contributed by atoms with E-state index in [1.165, 1.54) is 12.1 Å². The normalized spacial score (nSPS) is 22.9. The van der Waals surface area contributed by atoms with Crippen LogP contribution in [-0.4, -0.2) is 27.9 Å². The van der Waals surface area contributed by atoms with Crippen molar-refractivity contribution in [1.29, 1.82) is 0 Å². The summed E-state index contributed by atoms with van der Waals surface area (Å²) in [7, 11) is 0. The van der Waals surface area contributed by atoms with Gasteiger partial charge in [-0.05, 0) is 24.6 Å². The lowest BCUT2D eigenvalue weighted by Crippen LogP contribution is -2.15. The Balaban J connectivity index is 1.90. The summed E-state index contributed by atoms with van der Waals surface area (Å²) in [5.41, 5.74) is 0.536. The predicted octanol–water partition coefficient (Wildman–Crippen LogP) is 2.03. The third kappa shape index (κ3) is 2.54. The van der Waals surface area contributed by atoms with Gasteiger partial charge in [0.2, 0.25) is 11.7 Å². The topological polar surface area (TPSA) is 71.2 Å². The summed E-state index contributed by atoms with van der Waals surface area (Å²) in [6, 6.07) is 4.14. The summed E-state index contributed by atoms with van der Waals surface area (Å²) in [5, 5.41) is 16.4. The Kier molecular flexibility index (Phi) is 3.34. The molecule has 1 aromatic carbocycles. The van der Waals surface area contributed by atoms with Crippen molar-refractivity contribution in [3.8, 4) is 11.4 Å². The minimum atomic E-state index is -0.402. The van der Waals surface area contributed by atoms with Crippen LogP contribution in [-0.2, 0) is 0 Å². The molecule has 0 radical (unpaired) electrons. The zero-order valence-corrected chi connectivity index (χ0v) is 11.4. The van der Waals surface area contributed by atoms with Crippen molar-refractivity contribution in [2.75, 3.05) is 6.54 Å².